The Morgan fingerprint density at radius 3 is 1.98 bits per heavy atom. The Morgan fingerprint density at radius 1 is 0.855 bits per heavy atom. The Hall–Kier alpha value is -5.54. The first-order valence-corrected chi connectivity index (χ1v) is 20.8. The van der Waals surface area contributed by atoms with Gasteiger partial charge < -0.3 is 39.6 Å². The summed E-state index contributed by atoms with van der Waals surface area (Å²) in [6.07, 6.45) is -8.61. The second kappa shape index (κ2) is 16.6. The molecule has 2 bridgehead atoms. The normalized spacial score (nSPS) is 31.9. The van der Waals surface area contributed by atoms with Crippen molar-refractivity contribution in [3.63, 3.8) is 0 Å². The monoisotopic (exact) mass is 851 g/mol. The number of carbonyl (C=O) groups excluding carboxylic acids is 6. The predicted octanol–water partition coefficient (Wildman–Crippen LogP) is 4.40. The van der Waals surface area contributed by atoms with Crippen LogP contribution in [-0.2, 0) is 38.1 Å². The summed E-state index contributed by atoms with van der Waals surface area (Å²) in [6, 6.07) is 23.6. The van der Waals surface area contributed by atoms with Crippen molar-refractivity contribution in [2.75, 3.05) is 6.61 Å². The number of hydrogen-bond donors (Lipinski definition) is 4. The van der Waals surface area contributed by atoms with Crippen LogP contribution in [-0.4, -0.2) is 99.0 Å². The number of ketones is 2. The molecule has 14 heteroatoms. The van der Waals surface area contributed by atoms with Crippen LogP contribution in [0.5, 0.6) is 0 Å². The minimum Gasteiger partial charge on any atom is -0.456 e. The van der Waals surface area contributed by atoms with Gasteiger partial charge in [0.15, 0.2) is 29.4 Å². The number of ether oxygens (including phenoxy) is 4. The zero-order valence-electron chi connectivity index (χ0n) is 35.5. The highest BCUT2D eigenvalue weighted by Crippen LogP contribution is 2.66. The molecule has 3 aromatic rings. The molecule has 4 N–H and O–H groups in total. The average molecular weight is 852 g/mol. The summed E-state index contributed by atoms with van der Waals surface area (Å²) >= 11 is 0. The third-order valence-corrected chi connectivity index (χ3v) is 14.0. The Labute approximate surface area is 359 Å². The van der Waals surface area contributed by atoms with E-state index in [1.807, 2.05) is 0 Å². The summed E-state index contributed by atoms with van der Waals surface area (Å²) in [6.45, 7) is 8.40. The largest absolute Gasteiger partial charge is 0.456 e. The predicted molar refractivity (Wildman–Crippen MR) is 221 cm³/mol. The van der Waals surface area contributed by atoms with E-state index < -0.39 is 119 Å². The number of amides is 1. The quantitative estimate of drug-likeness (QED) is 0.0914. The Bertz CT molecular complexity index is 2280. The maximum absolute atomic E-state index is 15.5. The fourth-order valence-corrected chi connectivity index (χ4v) is 10.8. The summed E-state index contributed by atoms with van der Waals surface area (Å²) in [5.74, 6) is -7.22. The van der Waals surface area contributed by atoms with Gasteiger partial charge in [-0.05, 0) is 42.7 Å². The van der Waals surface area contributed by atoms with Crippen LogP contribution >= 0.6 is 0 Å². The SMILES string of the molecule is CC(=O)O[C@H]1C(=O)[C@@]2(C)C(C(CC(=O)c3ccccc3)[C@]3(O)C[C@H](OC(=O)[C@H](O)[C@@H](NC(=O)c4ccccc4)c4ccccc4)C(C)=C1C3(C)C)[C@]1(OC(C)=O)COC1C[C@@H]2O. The second-order valence-corrected chi connectivity index (χ2v) is 17.8. The van der Waals surface area contributed by atoms with Crippen LogP contribution in [0.2, 0.25) is 0 Å². The third-order valence-electron chi connectivity index (χ3n) is 14.0. The highest BCUT2D eigenvalue weighted by atomic mass is 16.6. The lowest BCUT2D eigenvalue weighted by atomic mass is 9.42. The topological polar surface area (TPSA) is 212 Å². The van der Waals surface area contributed by atoms with Gasteiger partial charge in [-0.25, -0.2) is 4.79 Å². The van der Waals surface area contributed by atoms with Crippen molar-refractivity contribution in [3.05, 3.63) is 119 Å². The van der Waals surface area contributed by atoms with Crippen molar-refractivity contribution in [2.24, 2.45) is 22.7 Å². The molecule has 62 heavy (non-hydrogen) atoms. The number of carbonyl (C=O) groups is 6. The fourth-order valence-electron chi connectivity index (χ4n) is 10.8. The van der Waals surface area contributed by atoms with Gasteiger partial charge in [0.05, 0.1) is 29.8 Å². The number of hydrogen-bond acceptors (Lipinski definition) is 13. The minimum absolute atomic E-state index is 0.0771. The molecule has 4 aliphatic rings. The molecule has 3 aliphatic carbocycles. The average Bonchev–Trinajstić information content (AvgIpc) is 3.24. The zero-order valence-corrected chi connectivity index (χ0v) is 35.5. The fraction of sp³-hybridized carbons (Fsp3) is 0.458. The van der Waals surface area contributed by atoms with Gasteiger partial charge in [-0.2, -0.15) is 0 Å². The van der Waals surface area contributed by atoms with Gasteiger partial charge in [0, 0.05) is 61.5 Å². The molecule has 0 spiro atoms. The number of benzene rings is 3. The lowest BCUT2D eigenvalue weighted by Gasteiger charge is -2.68. The molecular formula is C48H53NO13. The number of fused-ring (bicyclic) bond motifs is 5. The molecule has 1 amide bonds. The third kappa shape index (κ3) is 7.36. The van der Waals surface area contributed by atoms with Crippen molar-refractivity contribution in [2.45, 2.75) is 109 Å². The van der Waals surface area contributed by atoms with E-state index in [0.29, 0.717) is 11.1 Å². The lowest BCUT2D eigenvalue weighted by Crippen LogP contribution is -2.80. The van der Waals surface area contributed by atoms with Crippen molar-refractivity contribution in [1.82, 2.24) is 5.32 Å². The molecule has 328 valence electrons. The highest BCUT2D eigenvalue weighted by Gasteiger charge is 2.77. The Balaban J connectivity index is 1.39. The number of aliphatic hydroxyl groups excluding tert-OH is 2. The molecule has 2 saturated carbocycles. The summed E-state index contributed by atoms with van der Waals surface area (Å²) in [7, 11) is 0. The summed E-state index contributed by atoms with van der Waals surface area (Å²) in [5, 5.41) is 40.5. The Kier molecular flexibility index (Phi) is 11.9. The van der Waals surface area contributed by atoms with Crippen LogP contribution in [0.4, 0.5) is 0 Å². The van der Waals surface area contributed by atoms with Gasteiger partial charge in [0.25, 0.3) is 5.91 Å². The van der Waals surface area contributed by atoms with Gasteiger partial charge in [-0.15, -0.1) is 0 Å². The first kappa shape index (κ1) is 44.5. The molecule has 3 fully saturated rings. The highest BCUT2D eigenvalue weighted by molar-refractivity contribution is 5.98. The summed E-state index contributed by atoms with van der Waals surface area (Å²) < 4.78 is 24.1. The molecule has 7 rings (SSSR count). The number of aliphatic hydroxyl groups is 3. The van der Waals surface area contributed by atoms with Crippen molar-refractivity contribution in [3.8, 4) is 0 Å². The second-order valence-electron chi connectivity index (χ2n) is 17.8. The van der Waals surface area contributed by atoms with Gasteiger partial charge in [-0.3, -0.25) is 24.0 Å². The van der Waals surface area contributed by atoms with Crippen LogP contribution in [0, 0.1) is 22.7 Å². The molecule has 0 aromatic heterocycles. The minimum atomic E-state index is -2.17. The molecule has 3 unspecified atom stereocenters. The van der Waals surface area contributed by atoms with Crippen molar-refractivity contribution in [1.29, 1.82) is 0 Å². The van der Waals surface area contributed by atoms with Gasteiger partial charge >= 0.3 is 17.9 Å². The van der Waals surface area contributed by atoms with Crippen LogP contribution in [0.3, 0.4) is 0 Å². The maximum atomic E-state index is 15.5. The standard InChI is InChI=1S/C48H53NO13/c1-26-34(61-44(57)39(54)38(30-18-12-8-13-19-30)49-43(56)31-20-14-9-15-21-31)24-48(58)32(22-33(52)29-16-10-7-11-17-29)41-46(6,35(53)23-36-47(41,25-59-36)62-28(3)51)42(55)40(60-27(2)50)37(26)45(48,4)5/h7-21,32,34-36,38-41,53-54,58H,22-25H2,1-6H3,(H,49,56)/t32?,34-,35-,36?,38-,39+,40+,41?,46+,47-,48+/m0/s1. The number of esters is 3. The number of Topliss-reactive ketones (excluding diaryl/α,β-unsaturated/α-hetero) is 2. The van der Waals surface area contributed by atoms with Crippen LogP contribution < -0.4 is 5.32 Å². The molecule has 11 atom stereocenters. The van der Waals surface area contributed by atoms with Crippen LogP contribution in [0.1, 0.15) is 93.1 Å². The first-order valence-electron chi connectivity index (χ1n) is 20.8. The van der Waals surface area contributed by atoms with Crippen LogP contribution in [0.25, 0.3) is 0 Å². The van der Waals surface area contributed by atoms with Gasteiger partial charge in [-0.1, -0.05) is 92.7 Å². The van der Waals surface area contributed by atoms with E-state index >= 15 is 4.79 Å². The van der Waals surface area contributed by atoms with E-state index in [2.05, 4.69) is 5.32 Å². The molecule has 3 aromatic carbocycles. The van der Waals surface area contributed by atoms with E-state index in [-0.39, 0.29) is 29.7 Å². The van der Waals surface area contributed by atoms with E-state index in [4.69, 9.17) is 18.9 Å². The van der Waals surface area contributed by atoms with Crippen LogP contribution in [0.15, 0.2) is 102 Å². The molecular weight excluding hydrogens is 799 g/mol. The van der Waals surface area contributed by atoms with Gasteiger partial charge in [0.2, 0.25) is 0 Å². The van der Waals surface area contributed by atoms with E-state index in [1.54, 1.807) is 112 Å². The molecule has 14 nitrogen and oxygen atoms in total. The molecule has 1 heterocycles. The Morgan fingerprint density at radius 2 is 1.44 bits per heavy atom. The first-order chi connectivity index (χ1) is 29.3. The molecule has 0 radical (unpaired) electrons. The maximum Gasteiger partial charge on any atom is 0.338 e. The molecule has 1 aliphatic heterocycles. The smallest absolute Gasteiger partial charge is 0.338 e. The number of rotatable bonds is 11. The van der Waals surface area contributed by atoms with E-state index in [0.717, 1.165) is 6.92 Å². The molecule has 1 saturated heterocycles. The van der Waals surface area contributed by atoms with Crippen molar-refractivity contribution >= 4 is 35.4 Å². The van der Waals surface area contributed by atoms with E-state index in [9.17, 15) is 39.3 Å². The van der Waals surface area contributed by atoms with Gasteiger partial charge in [0.1, 0.15) is 12.2 Å². The lowest BCUT2D eigenvalue weighted by molar-refractivity contribution is -0.339. The van der Waals surface area contributed by atoms with E-state index in [1.165, 1.54) is 13.8 Å². The number of nitrogens with one attached hydrogen (secondary N) is 1. The summed E-state index contributed by atoms with van der Waals surface area (Å²) in [4.78, 5) is 83.8. The van der Waals surface area contributed by atoms with Crippen molar-refractivity contribution < 1.29 is 63.0 Å². The summed E-state index contributed by atoms with van der Waals surface area (Å²) in [5.41, 5.74) is -6.03. The zero-order chi connectivity index (χ0) is 44.9.